The average molecular weight is 188 g/mol. The van der Waals surface area contributed by atoms with Gasteiger partial charge in [0.15, 0.2) is 0 Å². The van der Waals surface area contributed by atoms with Gasteiger partial charge in [-0.3, -0.25) is 0 Å². The zero-order valence-electron chi connectivity index (χ0n) is 9.78. The molecule has 0 saturated carbocycles. The molecule has 0 atom stereocenters. The summed E-state index contributed by atoms with van der Waals surface area (Å²) in [7, 11) is 0. The lowest BCUT2D eigenvalue weighted by Crippen LogP contribution is -2.24. The first-order valence-electron chi connectivity index (χ1n) is 5.62. The summed E-state index contributed by atoms with van der Waals surface area (Å²) in [6, 6.07) is 4.62. The number of fused-ring (bicyclic) bond motifs is 1. The van der Waals surface area contributed by atoms with Gasteiger partial charge in [-0.1, -0.05) is 26.0 Å². The average Bonchev–Trinajstić information content (AvgIpc) is 2.11. The minimum absolute atomic E-state index is 0.395. The normalized spacial score (nSPS) is 19.1. The second kappa shape index (κ2) is 3.12. The van der Waals surface area contributed by atoms with E-state index < -0.39 is 0 Å². The largest absolute Gasteiger partial charge is 0.0587 e. The first-order chi connectivity index (χ1) is 6.52. The van der Waals surface area contributed by atoms with Gasteiger partial charge < -0.3 is 0 Å². The third-order valence-electron chi connectivity index (χ3n) is 3.83. The number of hydrogen-bond donors (Lipinski definition) is 0. The molecule has 0 aliphatic heterocycles. The monoisotopic (exact) mass is 188 g/mol. The Bertz CT molecular complexity index is 359. The van der Waals surface area contributed by atoms with E-state index in [9.17, 15) is 0 Å². The Morgan fingerprint density at radius 2 is 1.86 bits per heavy atom. The minimum Gasteiger partial charge on any atom is -0.0587 e. The first kappa shape index (κ1) is 9.76. The summed E-state index contributed by atoms with van der Waals surface area (Å²) in [4.78, 5) is 0. The van der Waals surface area contributed by atoms with Crippen molar-refractivity contribution in [1.29, 1.82) is 0 Å². The lowest BCUT2D eigenvalue weighted by Gasteiger charge is -2.34. The highest BCUT2D eigenvalue weighted by Crippen LogP contribution is 2.38. The summed E-state index contributed by atoms with van der Waals surface area (Å²) in [6.07, 6.45) is 3.97. The van der Waals surface area contributed by atoms with E-state index in [-0.39, 0.29) is 0 Å². The van der Waals surface area contributed by atoms with Crippen molar-refractivity contribution in [2.45, 2.75) is 52.4 Å². The fourth-order valence-corrected chi connectivity index (χ4v) is 2.67. The highest BCUT2D eigenvalue weighted by atomic mass is 14.3. The number of aryl methyl sites for hydroxylation is 1. The summed E-state index contributed by atoms with van der Waals surface area (Å²) in [6.45, 7) is 9.24. The van der Waals surface area contributed by atoms with Crippen LogP contribution in [0.3, 0.4) is 0 Å². The maximum Gasteiger partial charge on any atom is -0.0101 e. The SMILES string of the molecule is Cc1ccc2c(c1C)CCCC2(C)C. The maximum atomic E-state index is 2.37. The summed E-state index contributed by atoms with van der Waals surface area (Å²) in [5.41, 5.74) is 6.58. The van der Waals surface area contributed by atoms with Crippen molar-refractivity contribution in [2.24, 2.45) is 0 Å². The molecule has 1 aromatic carbocycles. The number of hydrogen-bond acceptors (Lipinski definition) is 0. The lowest BCUT2D eigenvalue weighted by atomic mass is 9.71. The molecule has 0 N–H and O–H groups in total. The Labute approximate surface area is 87.3 Å². The van der Waals surface area contributed by atoms with Gasteiger partial charge >= 0.3 is 0 Å². The van der Waals surface area contributed by atoms with Gasteiger partial charge in [-0.15, -0.1) is 0 Å². The summed E-state index contributed by atoms with van der Waals surface area (Å²) in [5, 5.41) is 0. The predicted molar refractivity (Wildman–Crippen MR) is 61.9 cm³/mol. The third-order valence-corrected chi connectivity index (χ3v) is 3.83. The molecular formula is C14H20. The molecule has 0 amide bonds. The van der Waals surface area contributed by atoms with E-state index in [0.717, 1.165) is 0 Å². The van der Waals surface area contributed by atoms with Crippen molar-refractivity contribution in [3.8, 4) is 0 Å². The summed E-state index contributed by atoms with van der Waals surface area (Å²) < 4.78 is 0. The van der Waals surface area contributed by atoms with Crippen LogP contribution in [-0.2, 0) is 11.8 Å². The van der Waals surface area contributed by atoms with E-state index in [4.69, 9.17) is 0 Å². The fourth-order valence-electron chi connectivity index (χ4n) is 2.67. The van der Waals surface area contributed by atoms with Gasteiger partial charge in [0.25, 0.3) is 0 Å². The molecule has 0 fully saturated rings. The molecule has 0 saturated heterocycles. The second-order valence-electron chi connectivity index (χ2n) is 5.27. The van der Waals surface area contributed by atoms with Gasteiger partial charge in [0, 0.05) is 0 Å². The molecule has 0 unspecified atom stereocenters. The van der Waals surface area contributed by atoms with Crippen LogP contribution in [0.1, 0.15) is 48.9 Å². The molecule has 0 radical (unpaired) electrons. The standard InChI is InChI=1S/C14H20/c1-10-7-8-13-12(11(10)2)6-5-9-14(13,3)4/h7-8H,5-6,9H2,1-4H3. The van der Waals surface area contributed by atoms with E-state index in [1.165, 1.54) is 30.4 Å². The zero-order valence-corrected chi connectivity index (χ0v) is 9.78. The molecule has 0 heterocycles. The quantitative estimate of drug-likeness (QED) is 0.579. The van der Waals surface area contributed by atoms with E-state index in [1.54, 1.807) is 11.1 Å². The van der Waals surface area contributed by atoms with Gasteiger partial charge in [0.2, 0.25) is 0 Å². The van der Waals surface area contributed by atoms with Crippen LogP contribution in [0.2, 0.25) is 0 Å². The second-order valence-corrected chi connectivity index (χ2v) is 5.27. The van der Waals surface area contributed by atoms with Crippen LogP contribution in [0.25, 0.3) is 0 Å². The van der Waals surface area contributed by atoms with E-state index in [2.05, 4.69) is 39.8 Å². The predicted octanol–water partition coefficient (Wildman–Crippen LogP) is 3.92. The molecule has 14 heavy (non-hydrogen) atoms. The van der Waals surface area contributed by atoms with Gasteiger partial charge in [0.05, 0.1) is 0 Å². The molecule has 1 aliphatic rings. The highest BCUT2D eigenvalue weighted by molar-refractivity contribution is 5.44. The van der Waals surface area contributed by atoms with E-state index in [1.807, 2.05) is 0 Å². The lowest BCUT2D eigenvalue weighted by molar-refractivity contribution is 0.430. The third kappa shape index (κ3) is 1.37. The summed E-state index contributed by atoms with van der Waals surface area (Å²) >= 11 is 0. The topological polar surface area (TPSA) is 0 Å². The molecule has 0 heteroatoms. The Morgan fingerprint density at radius 3 is 2.57 bits per heavy atom. The molecule has 0 spiro atoms. The van der Waals surface area contributed by atoms with Crippen molar-refractivity contribution >= 4 is 0 Å². The van der Waals surface area contributed by atoms with Crippen molar-refractivity contribution in [3.63, 3.8) is 0 Å². The molecule has 1 aromatic rings. The molecule has 0 aromatic heterocycles. The van der Waals surface area contributed by atoms with Crippen LogP contribution < -0.4 is 0 Å². The van der Waals surface area contributed by atoms with Crippen LogP contribution in [0, 0.1) is 13.8 Å². The number of rotatable bonds is 0. The smallest absolute Gasteiger partial charge is 0.0101 e. The van der Waals surface area contributed by atoms with Crippen LogP contribution in [0.5, 0.6) is 0 Å². The van der Waals surface area contributed by atoms with Crippen LogP contribution in [0.15, 0.2) is 12.1 Å². The van der Waals surface area contributed by atoms with Crippen LogP contribution in [0.4, 0.5) is 0 Å². The Kier molecular flexibility index (Phi) is 2.17. The molecular weight excluding hydrogens is 168 g/mol. The summed E-state index contributed by atoms with van der Waals surface area (Å²) in [5.74, 6) is 0. The first-order valence-corrected chi connectivity index (χ1v) is 5.62. The minimum atomic E-state index is 0.395. The number of benzene rings is 1. The fraction of sp³-hybridized carbons (Fsp3) is 0.571. The van der Waals surface area contributed by atoms with Gasteiger partial charge in [-0.05, 0) is 60.8 Å². The van der Waals surface area contributed by atoms with E-state index in [0.29, 0.717) is 5.41 Å². The molecule has 76 valence electrons. The van der Waals surface area contributed by atoms with Gasteiger partial charge in [-0.2, -0.15) is 0 Å². The Hall–Kier alpha value is -0.780. The van der Waals surface area contributed by atoms with Crippen molar-refractivity contribution in [2.75, 3.05) is 0 Å². The van der Waals surface area contributed by atoms with Crippen LogP contribution in [-0.4, -0.2) is 0 Å². The molecule has 0 bridgehead atoms. The molecule has 2 rings (SSSR count). The Balaban J connectivity index is 2.62. The maximum absolute atomic E-state index is 2.37. The van der Waals surface area contributed by atoms with Crippen molar-refractivity contribution < 1.29 is 0 Å². The Morgan fingerprint density at radius 1 is 1.14 bits per heavy atom. The van der Waals surface area contributed by atoms with Gasteiger partial charge in [-0.25, -0.2) is 0 Å². The molecule has 1 aliphatic carbocycles. The highest BCUT2D eigenvalue weighted by Gasteiger charge is 2.27. The van der Waals surface area contributed by atoms with Crippen LogP contribution >= 0.6 is 0 Å². The van der Waals surface area contributed by atoms with Gasteiger partial charge in [0.1, 0.15) is 0 Å². The van der Waals surface area contributed by atoms with E-state index >= 15 is 0 Å². The van der Waals surface area contributed by atoms with Crippen molar-refractivity contribution in [1.82, 2.24) is 0 Å². The van der Waals surface area contributed by atoms with Crippen molar-refractivity contribution in [3.05, 3.63) is 34.4 Å². The zero-order chi connectivity index (χ0) is 10.3. The molecule has 0 nitrogen and oxygen atoms in total.